The van der Waals surface area contributed by atoms with Crippen LogP contribution in [0.2, 0.25) is 0 Å². The fourth-order valence-corrected chi connectivity index (χ4v) is 2.21. The average molecular weight is 366 g/mol. The molecule has 0 atom stereocenters. The monoisotopic (exact) mass is 366 g/mol. The zero-order valence-electron chi connectivity index (χ0n) is 13.7. The van der Waals surface area contributed by atoms with Crippen molar-refractivity contribution in [2.75, 3.05) is 18.1 Å². The molecule has 0 saturated carbocycles. The molecule has 26 heavy (non-hydrogen) atoms. The van der Waals surface area contributed by atoms with Gasteiger partial charge in [-0.1, -0.05) is 24.3 Å². The topological polar surface area (TPSA) is 72.6 Å². The predicted octanol–water partition coefficient (Wildman–Crippen LogP) is 2.99. The Balaban J connectivity index is 2.08. The maximum Gasteiger partial charge on any atom is 0.416 e. The van der Waals surface area contributed by atoms with Gasteiger partial charge >= 0.3 is 6.18 Å². The van der Waals surface area contributed by atoms with Gasteiger partial charge in [0.15, 0.2) is 6.61 Å². The minimum Gasteiger partial charge on any atom is -0.484 e. The Hall–Kier alpha value is -3.03. The van der Waals surface area contributed by atoms with Crippen molar-refractivity contribution in [3.8, 4) is 5.75 Å². The van der Waals surface area contributed by atoms with Crippen LogP contribution in [0.3, 0.4) is 0 Å². The Morgan fingerprint density at radius 2 is 1.73 bits per heavy atom. The number of benzene rings is 2. The summed E-state index contributed by atoms with van der Waals surface area (Å²) in [5.74, 6) is -1.15. The number of hydrogen-bond acceptors (Lipinski definition) is 3. The van der Waals surface area contributed by atoms with Crippen LogP contribution in [0.25, 0.3) is 0 Å². The van der Waals surface area contributed by atoms with E-state index >= 15 is 0 Å². The Labute approximate surface area is 148 Å². The lowest BCUT2D eigenvalue weighted by Crippen LogP contribution is -2.37. The molecule has 138 valence electrons. The number of anilines is 1. The van der Waals surface area contributed by atoms with Crippen molar-refractivity contribution in [3.63, 3.8) is 0 Å². The van der Waals surface area contributed by atoms with E-state index in [4.69, 9.17) is 10.5 Å². The quantitative estimate of drug-likeness (QED) is 0.819. The summed E-state index contributed by atoms with van der Waals surface area (Å²) in [5.41, 5.74) is 4.80. The predicted molar refractivity (Wildman–Crippen MR) is 89.5 cm³/mol. The van der Waals surface area contributed by atoms with Gasteiger partial charge in [-0.2, -0.15) is 13.2 Å². The highest BCUT2D eigenvalue weighted by Crippen LogP contribution is 2.31. The largest absolute Gasteiger partial charge is 0.484 e. The van der Waals surface area contributed by atoms with Crippen molar-refractivity contribution in [3.05, 3.63) is 60.2 Å². The van der Waals surface area contributed by atoms with E-state index < -0.39 is 30.2 Å². The van der Waals surface area contributed by atoms with Crippen LogP contribution in [0.4, 0.5) is 18.9 Å². The summed E-state index contributed by atoms with van der Waals surface area (Å²) in [4.78, 5) is 24.8. The van der Waals surface area contributed by atoms with Crippen LogP contribution < -0.4 is 15.4 Å². The molecule has 2 aromatic rings. The second-order valence-electron chi connectivity index (χ2n) is 5.41. The molecule has 0 aliphatic carbocycles. The minimum absolute atomic E-state index is 0.0458. The lowest BCUT2D eigenvalue weighted by Gasteiger charge is -2.22. The average Bonchev–Trinajstić information content (AvgIpc) is 2.60. The number of ether oxygens (including phenoxy) is 1. The third-order valence-electron chi connectivity index (χ3n) is 3.47. The van der Waals surface area contributed by atoms with Gasteiger partial charge in [-0.3, -0.25) is 9.59 Å². The summed E-state index contributed by atoms with van der Waals surface area (Å²) in [7, 11) is 0. The second-order valence-corrected chi connectivity index (χ2v) is 5.41. The van der Waals surface area contributed by atoms with E-state index in [-0.39, 0.29) is 18.7 Å². The van der Waals surface area contributed by atoms with Gasteiger partial charge in [0.05, 0.1) is 5.56 Å². The van der Waals surface area contributed by atoms with E-state index in [1.165, 1.54) is 17.0 Å². The highest BCUT2D eigenvalue weighted by atomic mass is 19.4. The van der Waals surface area contributed by atoms with Gasteiger partial charge in [0.25, 0.3) is 5.91 Å². The first-order valence-electron chi connectivity index (χ1n) is 7.71. The van der Waals surface area contributed by atoms with Crippen molar-refractivity contribution < 1.29 is 27.5 Å². The summed E-state index contributed by atoms with van der Waals surface area (Å²) in [5, 5.41) is 0. The van der Waals surface area contributed by atoms with Gasteiger partial charge < -0.3 is 15.4 Å². The zero-order chi connectivity index (χ0) is 19.2. The highest BCUT2D eigenvalue weighted by molar-refractivity contribution is 5.95. The molecule has 2 rings (SSSR count). The van der Waals surface area contributed by atoms with Crippen LogP contribution >= 0.6 is 0 Å². The van der Waals surface area contributed by atoms with E-state index in [1.54, 1.807) is 30.3 Å². The van der Waals surface area contributed by atoms with E-state index in [2.05, 4.69) is 0 Å². The number of nitrogens with zero attached hydrogens (tertiary/aromatic N) is 1. The molecule has 8 heteroatoms. The van der Waals surface area contributed by atoms with Gasteiger partial charge in [0.1, 0.15) is 5.75 Å². The summed E-state index contributed by atoms with van der Waals surface area (Å²) in [6.45, 7) is -0.431. The lowest BCUT2D eigenvalue weighted by molar-refractivity contribution is -0.137. The molecule has 0 fully saturated rings. The molecule has 0 saturated heterocycles. The van der Waals surface area contributed by atoms with Crippen LogP contribution in [-0.4, -0.2) is 25.0 Å². The highest BCUT2D eigenvalue weighted by Gasteiger charge is 2.30. The molecular formula is C18H17F3N2O3. The van der Waals surface area contributed by atoms with Crippen LogP contribution in [0.5, 0.6) is 5.75 Å². The first-order chi connectivity index (χ1) is 12.3. The molecule has 0 aromatic heterocycles. The summed E-state index contributed by atoms with van der Waals surface area (Å²) >= 11 is 0. The molecule has 2 amide bonds. The molecule has 0 aliphatic rings. The Morgan fingerprint density at radius 3 is 2.35 bits per heavy atom. The van der Waals surface area contributed by atoms with Crippen LogP contribution in [0, 0.1) is 0 Å². The standard InChI is InChI=1S/C18H17F3N2O3/c19-18(20,21)13-5-4-8-15(11-13)26-12-17(25)23(10-9-16(22)24)14-6-2-1-3-7-14/h1-8,11H,9-10,12H2,(H2,22,24). The van der Waals surface area contributed by atoms with Crippen molar-refractivity contribution in [2.24, 2.45) is 5.73 Å². The van der Waals surface area contributed by atoms with Crippen molar-refractivity contribution >= 4 is 17.5 Å². The molecule has 2 N–H and O–H groups in total. The molecule has 0 radical (unpaired) electrons. The third-order valence-corrected chi connectivity index (χ3v) is 3.47. The van der Waals surface area contributed by atoms with Crippen LogP contribution in [0.1, 0.15) is 12.0 Å². The zero-order valence-corrected chi connectivity index (χ0v) is 13.7. The molecule has 2 aromatic carbocycles. The maximum absolute atomic E-state index is 12.7. The number of halogens is 3. The fraction of sp³-hybridized carbons (Fsp3) is 0.222. The SMILES string of the molecule is NC(=O)CCN(C(=O)COc1cccc(C(F)(F)F)c1)c1ccccc1. The van der Waals surface area contributed by atoms with Crippen molar-refractivity contribution in [1.29, 1.82) is 0 Å². The minimum atomic E-state index is -4.50. The molecule has 5 nitrogen and oxygen atoms in total. The molecule has 0 aliphatic heterocycles. The van der Waals surface area contributed by atoms with E-state index in [0.717, 1.165) is 12.1 Å². The third kappa shape index (κ3) is 5.51. The number of nitrogens with two attached hydrogens (primary N) is 1. The molecule has 0 heterocycles. The first-order valence-corrected chi connectivity index (χ1v) is 7.71. The smallest absolute Gasteiger partial charge is 0.416 e. The van der Waals surface area contributed by atoms with Gasteiger partial charge in [0.2, 0.25) is 5.91 Å². The van der Waals surface area contributed by atoms with E-state index in [9.17, 15) is 22.8 Å². The maximum atomic E-state index is 12.7. The number of hydrogen-bond donors (Lipinski definition) is 1. The van der Waals surface area contributed by atoms with Gasteiger partial charge in [0, 0.05) is 18.7 Å². The van der Waals surface area contributed by atoms with Crippen LogP contribution in [-0.2, 0) is 15.8 Å². The number of rotatable bonds is 7. The fourth-order valence-electron chi connectivity index (χ4n) is 2.21. The number of carbonyl (C=O) groups is 2. The Kier molecular flexibility index (Phi) is 6.21. The number of alkyl halides is 3. The molecule has 0 bridgehead atoms. The number of carbonyl (C=O) groups excluding carboxylic acids is 2. The van der Waals surface area contributed by atoms with E-state index in [0.29, 0.717) is 5.69 Å². The number of primary amides is 1. The van der Waals surface area contributed by atoms with Crippen LogP contribution in [0.15, 0.2) is 54.6 Å². The van der Waals surface area contributed by atoms with E-state index in [1.807, 2.05) is 0 Å². The Bertz CT molecular complexity index is 764. The number of amides is 2. The first kappa shape index (κ1) is 19.3. The second kappa shape index (κ2) is 8.37. The van der Waals surface area contributed by atoms with Gasteiger partial charge in [-0.05, 0) is 30.3 Å². The van der Waals surface area contributed by atoms with Crippen molar-refractivity contribution in [1.82, 2.24) is 0 Å². The normalized spacial score (nSPS) is 11.0. The van der Waals surface area contributed by atoms with Crippen molar-refractivity contribution in [2.45, 2.75) is 12.6 Å². The summed E-state index contributed by atoms with van der Waals surface area (Å²) in [6, 6.07) is 12.8. The molecular weight excluding hydrogens is 349 g/mol. The number of para-hydroxylation sites is 1. The molecule has 0 unspecified atom stereocenters. The summed E-state index contributed by atoms with van der Waals surface area (Å²) in [6.07, 6.45) is -4.55. The van der Waals surface area contributed by atoms with Gasteiger partial charge in [-0.25, -0.2) is 0 Å². The lowest BCUT2D eigenvalue weighted by atomic mass is 10.2. The van der Waals surface area contributed by atoms with Gasteiger partial charge in [-0.15, -0.1) is 0 Å². The Morgan fingerprint density at radius 1 is 1.04 bits per heavy atom. The molecule has 0 spiro atoms. The summed E-state index contributed by atoms with van der Waals surface area (Å²) < 4.78 is 43.4.